The summed E-state index contributed by atoms with van der Waals surface area (Å²) in [5.74, 6) is -2.54. The molecule has 2 aliphatic heterocycles. The Morgan fingerprint density at radius 2 is 1.72 bits per heavy atom. The quantitative estimate of drug-likeness (QED) is 0.878. The van der Waals surface area contributed by atoms with Gasteiger partial charge in [-0.05, 0) is 30.5 Å². The lowest BCUT2D eigenvalue weighted by Crippen LogP contribution is -2.47. The van der Waals surface area contributed by atoms with Crippen molar-refractivity contribution < 1.29 is 23.2 Å². The predicted molar refractivity (Wildman–Crippen MR) is 83.7 cm³/mol. The third-order valence-electron chi connectivity index (χ3n) is 4.73. The molecule has 0 bridgehead atoms. The molecule has 2 fully saturated rings. The second kappa shape index (κ2) is 6.78. The maximum Gasteiger partial charge on any atom is 0.244 e. The molecule has 0 aromatic heterocycles. The van der Waals surface area contributed by atoms with Crippen LogP contribution in [0.1, 0.15) is 37.8 Å². The fourth-order valence-corrected chi connectivity index (χ4v) is 3.41. The van der Waals surface area contributed by atoms with Crippen molar-refractivity contribution in [3.05, 3.63) is 35.4 Å². The molecule has 1 aromatic rings. The number of halogens is 2. The summed E-state index contributed by atoms with van der Waals surface area (Å²) in [7, 11) is 0. The number of nitrogens with one attached hydrogen (secondary N) is 1. The maximum atomic E-state index is 13.5. The topological polar surface area (TPSA) is 69.7 Å². The van der Waals surface area contributed by atoms with Gasteiger partial charge in [-0.25, -0.2) is 13.8 Å². The highest BCUT2D eigenvalue weighted by molar-refractivity contribution is 5.87. The minimum absolute atomic E-state index is 0.0338. The molecule has 1 atom stereocenters. The Kier molecular flexibility index (Phi) is 4.69. The molecule has 1 N–H and O–H groups in total. The van der Waals surface area contributed by atoms with Crippen molar-refractivity contribution in [1.82, 2.24) is 15.3 Å². The molecule has 0 spiro atoms. The van der Waals surface area contributed by atoms with Crippen LogP contribution in [0.25, 0.3) is 0 Å². The second-order valence-corrected chi connectivity index (χ2v) is 6.45. The van der Waals surface area contributed by atoms with E-state index in [-0.39, 0.29) is 35.6 Å². The first-order valence-corrected chi connectivity index (χ1v) is 8.19. The zero-order chi connectivity index (χ0) is 18.1. The highest BCUT2D eigenvalue weighted by Crippen LogP contribution is 2.31. The van der Waals surface area contributed by atoms with Crippen molar-refractivity contribution >= 4 is 17.7 Å². The Morgan fingerprint density at radius 3 is 2.28 bits per heavy atom. The van der Waals surface area contributed by atoms with E-state index < -0.39 is 17.7 Å². The number of amides is 3. The van der Waals surface area contributed by atoms with Crippen LogP contribution in [0.4, 0.5) is 8.78 Å². The molecule has 0 aliphatic carbocycles. The van der Waals surface area contributed by atoms with Crippen molar-refractivity contribution in [2.75, 3.05) is 13.1 Å². The van der Waals surface area contributed by atoms with Gasteiger partial charge >= 0.3 is 0 Å². The van der Waals surface area contributed by atoms with E-state index in [4.69, 9.17) is 0 Å². The zero-order valence-corrected chi connectivity index (χ0v) is 13.8. The van der Waals surface area contributed by atoms with Gasteiger partial charge in [0, 0.05) is 32.0 Å². The third-order valence-corrected chi connectivity index (χ3v) is 4.73. The van der Waals surface area contributed by atoms with E-state index in [1.807, 2.05) is 0 Å². The Bertz CT molecular complexity index is 697. The van der Waals surface area contributed by atoms with E-state index in [1.54, 1.807) is 4.90 Å². The number of carbonyl (C=O) groups is 3. The number of likely N-dealkylation sites (tertiary alicyclic amines) is 1. The average Bonchev–Trinajstić information content (AvgIpc) is 2.95. The highest BCUT2D eigenvalue weighted by atomic mass is 19.1. The largest absolute Gasteiger partial charge is 0.343 e. The van der Waals surface area contributed by atoms with Crippen LogP contribution >= 0.6 is 0 Å². The molecule has 6 nitrogen and oxygen atoms in total. The fraction of sp³-hybridized carbons (Fsp3) is 0.471. The first kappa shape index (κ1) is 17.3. The molecule has 0 unspecified atom stereocenters. The number of hydrogen-bond acceptors (Lipinski definition) is 3. The monoisotopic (exact) mass is 351 g/mol. The van der Waals surface area contributed by atoms with Crippen LogP contribution in [0.5, 0.6) is 0 Å². The van der Waals surface area contributed by atoms with E-state index in [9.17, 15) is 23.2 Å². The van der Waals surface area contributed by atoms with Gasteiger partial charge < -0.3 is 4.90 Å². The summed E-state index contributed by atoms with van der Waals surface area (Å²) >= 11 is 0. The Morgan fingerprint density at radius 1 is 1.12 bits per heavy atom. The molecule has 2 saturated heterocycles. The van der Waals surface area contributed by atoms with Gasteiger partial charge in [-0.1, -0.05) is 0 Å². The van der Waals surface area contributed by atoms with Crippen LogP contribution < -0.4 is 5.43 Å². The number of rotatable bonds is 2. The van der Waals surface area contributed by atoms with Gasteiger partial charge in [0.25, 0.3) is 0 Å². The normalized spacial score (nSPS) is 21.4. The first-order chi connectivity index (χ1) is 11.8. The van der Waals surface area contributed by atoms with Crippen molar-refractivity contribution in [2.24, 2.45) is 5.92 Å². The van der Waals surface area contributed by atoms with Gasteiger partial charge in [0.1, 0.15) is 11.6 Å². The molecule has 25 heavy (non-hydrogen) atoms. The zero-order valence-electron chi connectivity index (χ0n) is 13.8. The standard InChI is InChI=1S/C17H19F2N3O3/c1-10(23)21-4-2-11(3-5-21)17(25)22-15(9-16(24)20-22)12-6-13(18)8-14(19)7-12/h6-8,11,15H,2-5,9H2,1H3,(H,20,24)/t15-/m1/s1. The average molecular weight is 351 g/mol. The van der Waals surface area contributed by atoms with Crippen LogP contribution in [0.2, 0.25) is 0 Å². The Hall–Kier alpha value is -2.51. The SMILES string of the molecule is CC(=O)N1CCC(C(=O)N2NC(=O)C[C@@H]2c2cc(F)cc(F)c2)CC1. The summed E-state index contributed by atoms with van der Waals surface area (Å²) in [4.78, 5) is 37.6. The molecule has 1 aromatic carbocycles. The van der Waals surface area contributed by atoms with Crippen molar-refractivity contribution in [2.45, 2.75) is 32.2 Å². The van der Waals surface area contributed by atoms with Crippen LogP contribution in [-0.4, -0.2) is 40.7 Å². The summed E-state index contributed by atoms with van der Waals surface area (Å²) in [5, 5.41) is 1.19. The van der Waals surface area contributed by atoms with Crippen molar-refractivity contribution in [3.63, 3.8) is 0 Å². The molecular weight excluding hydrogens is 332 g/mol. The van der Waals surface area contributed by atoms with Crippen molar-refractivity contribution in [3.8, 4) is 0 Å². The Balaban J connectivity index is 1.76. The molecule has 2 aliphatic rings. The van der Waals surface area contributed by atoms with Gasteiger partial charge in [0.05, 0.1) is 12.5 Å². The van der Waals surface area contributed by atoms with E-state index in [0.29, 0.717) is 25.9 Å². The number of benzene rings is 1. The summed E-state index contributed by atoms with van der Waals surface area (Å²) < 4.78 is 27.0. The van der Waals surface area contributed by atoms with Gasteiger partial charge in [0.2, 0.25) is 17.7 Å². The number of hydrogen-bond donors (Lipinski definition) is 1. The van der Waals surface area contributed by atoms with E-state index in [2.05, 4.69) is 5.43 Å². The van der Waals surface area contributed by atoms with E-state index in [1.165, 1.54) is 11.9 Å². The van der Waals surface area contributed by atoms with Gasteiger partial charge in [0.15, 0.2) is 0 Å². The highest BCUT2D eigenvalue weighted by Gasteiger charge is 2.39. The summed E-state index contributed by atoms with van der Waals surface area (Å²) in [6.45, 7) is 2.44. The van der Waals surface area contributed by atoms with Crippen molar-refractivity contribution in [1.29, 1.82) is 0 Å². The lowest BCUT2D eigenvalue weighted by molar-refractivity contribution is -0.145. The van der Waals surface area contributed by atoms with Crippen LogP contribution in [0.3, 0.4) is 0 Å². The number of piperidine rings is 1. The minimum Gasteiger partial charge on any atom is -0.343 e. The van der Waals surface area contributed by atoms with Crippen LogP contribution in [0.15, 0.2) is 18.2 Å². The molecule has 0 saturated carbocycles. The summed E-state index contributed by atoms with van der Waals surface area (Å²) in [5.41, 5.74) is 2.73. The van der Waals surface area contributed by atoms with Crippen LogP contribution in [0, 0.1) is 17.6 Å². The lowest BCUT2D eigenvalue weighted by atomic mass is 9.94. The lowest BCUT2D eigenvalue weighted by Gasteiger charge is -2.34. The molecule has 0 radical (unpaired) electrons. The molecular formula is C17H19F2N3O3. The van der Waals surface area contributed by atoms with Gasteiger partial charge in [-0.3, -0.25) is 19.8 Å². The minimum atomic E-state index is -0.753. The van der Waals surface area contributed by atoms with Gasteiger partial charge in [-0.2, -0.15) is 0 Å². The molecule has 2 heterocycles. The fourth-order valence-electron chi connectivity index (χ4n) is 3.41. The number of carbonyl (C=O) groups excluding carboxylic acids is 3. The predicted octanol–water partition coefficient (Wildman–Crippen LogP) is 1.53. The molecule has 134 valence electrons. The Labute approximate surface area is 143 Å². The summed E-state index contributed by atoms with van der Waals surface area (Å²) in [6, 6.07) is 2.27. The van der Waals surface area contributed by atoms with Crippen LogP contribution in [-0.2, 0) is 14.4 Å². The van der Waals surface area contributed by atoms with Gasteiger partial charge in [-0.15, -0.1) is 0 Å². The number of nitrogens with zero attached hydrogens (tertiary/aromatic N) is 2. The van der Waals surface area contributed by atoms with E-state index >= 15 is 0 Å². The number of hydrazine groups is 1. The maximum absolute atomic E-state index is 13.5. The van der Waals surface area contributed by atoms with E-state index in [0.717, 1.165) is 18.2 Å². The smallest absolute Gasteiger partial charge is 0.244 e. The first-order valence-electron chi connectivity index (χ1n) is 8.19. The third kappa shape index (κ3) is 3.62. The molecule has 3 rings (SSSR count). The molecule has 3 amide bonds. The molecule has 8 heteroatoms. The second-order valence-electron chi connectivity index (χ2n) is 6.45. The summed E-state index contributed by atoms with van der Waals surface area (Å²) in [6.07, 6.45) is 0.949.